The molecule has 7 nitrogen and oxygen atoms in total. The summed E-state index contributed by atoms with van der Waals surface area (Å²) in [6.07, 6.45) is 2.70. The molecular formula is C23H28F2N4O3Si. The zero-order valence-corrected chi connectivity index (χ0v) is 20.0. The number of halogens is 2. The number of aromatic carboxylic acids is 1. The van der Waals surface area contributed by atoms with Crippen molar-refractivity contribution in [3.8, 4) is 0 Å². The number of pyridine rings is 1. The van der Waals surface area contributed by atoms with Crippen molar-refractivity contribution in [2.75, 3.05) is 18.1 Å². The third-order valence-electron chi connectivity index (χ3n) is 5.87. The van der Waals surface area contributed by atoms with Gasteiger partial charge in [0.2, 0.25) is 0 Å². The topological polar surface area (TPSA) is 80.5 Å². The van der Waals surface area contributed by atoms with Gasteiger partial charge < -0.3 is 14.7 Å². The van der Waals surface area contributed by atoms with Crippen molar-refractivity contribution in [1.82, 2.24) is 14.8 Å². The summed E-state index contributed by atoms with van der Waals surface area (Å²) in [6.45, 7) is 8.16. The Balaban J connectivity index is 1.71. The Morgan fingerprint density at radius 2 is 2.06 bits per heavy atom. The second-order valence-electron chi connectivity index (χ2n) is 9.59. The monoisotopic (exact) mass is 474 g/mol. The first-order chi connectivity index (χ1) is 15.6. The van der Waals surface area contributed by atoms with E-state index in [2.05, 4.69) is 24.6 Å². The van der Waals surface area contributed by atoms with Crippen molar-refractivity contribution in [1.29, 1.82) is 0 Å². The van der Waals surface area contributed by atoms with E-state index < -0.39 is 31.7 Å². The molecule has 3 heterocycles. The number of ether oxygens (including phenoxy) is 1. The average Bonchev–Trinajstić information content (AvgIpc) is 3.36. The third kappa shape index (κ3) is 5.06. The highest BCUT2D eigenvalue weighted by molar-refractivity contribution is 6.76. The normalized spacial score (nSPS) is 16.6. The highest BCUT2D eigenvalue weighted by Gasteiger charge is 2.32. The molecule has 1 aliphatic heterocycles. The Labute approximate surface area is 192 Å². The molecule has 0 saturated carbocycles. The average molecular weight is 475 g/mol. The maximum Gasteiger partial charge on any atom is 0.337 e. The number of hydrogen-bond donors (Lipinski definition) is 1. The van der Waals surface area contributed by atoms with E-state index >= 15 is 0 Å². The van der Waals surface area contributed by atoms with Crippen molar-refractivity contribution in [3.05, 3.63) is 53.2 Å². The lowest BCUT2D eigenvalue weighted by Crippen LogP contribution is -2.24. The first-order valence-corrected chi connectivity index (χ1v) is 14.7. The molecule has 0 unspecified atom stereocenters. The van der Waals surface area contributed by atoms with E-state index in [9.17, 15) is 18.7 Å². The lowest BCUT2D eigenvalue weighted by molar-refractivity contribution is 0.0696. The summed E-state index contributed by atoms with van der Waals surface area (Å²) in [5, 5.41) is 14.7. The molecule has 0 spiro atoms. The Hall–Kier alpha value is -2.85. The minimum atomic E-state index is -1.25. The maximum atomic E-state index is 14.6. The van der Waals surface area contributed by atoms with Crippen LogP contribution in [0.2, 0.25) is 25.7 Å². The predicted molar refractivity (Wildman–Crippen MR) is 124 cm³/mol. The fourth-order valence-corrected chi connectivity index (χ4v) is 4.86. The number of rotatable bonds is 8. The lowest BCUT2D eigenvalue weighted by Gasteiger charge is -2.25. The molecule has 1 aromatic carbocycles. The molecule has 1 atom stereocenters. The molecular weight excluding hydrogens is 446 g/mol. The van der Waals surface area contributed by atoms with E-state index in [0.29, 0.717) is 36.4 Å². The standard InChI is InChI=1S/C23H28F2N4O3Si/c1-33(2,3)10-9-32-14-29-21-18(11-15(13-26-21)23(30)31)22(27-29)28-8-4-5-20(28)17-12-16(24)6-7-19(17)25/h6-7,11-13,20H,4-5,8-10,14H2,1-3H3,(H,30,31)/t20-/m1/s1. The zero-order valence-electron chi connectivity index (χ0n) is 19.0. The Morgan fingerprint density at radius 1 is 1.27 bits per heavy atom. The van der Waals surface area contributed by atoms with Crippen LogP contribution in [0.15, 0.2) is 30.5 Å². The number of carbonyl (C=O) groups is 1. The van der Waals surface area contributed by atoms with Crippen LogP contribution in [-0.4, -0.2) is 47.1 Å². The largest absolute Gasteiger partial charge is 0.478 e. The van der Waals surface area contributed by atoms with Crippen LogP contribution in [0.25, 0.3) is 11.0 Å². The van der Waals surface area contributed by atoms with E-state index in [1.807, 2.05) is 4.90 Å². The van der Waals surface area contributed by atoms with Gasteiger partial charge in [-0.15, -0.1) is 0 Å². The Morgan fingerprint density at radius 3 is 2.79 bits per heavy atom. The smallest absolute Gasteiger partial charge is 0.337 e. The SMILES string of the molecule is C[Si](C)(C)CCOCn1nc(N2CCC[C@@H]2c2cc(F)ccc2F)c2cc(C(=O)O)cnc21. The van der Waals surface area contributed by atoms with E-state index in [4.69, 9.17) is 9.84 Å². The number of nitrogens with zero attached hydrogens (tertiary/aromatic N) is 4. The maximum absolute atomic E-state index is 14.6. The molecule has 1 fully saturated rings. The molecule has 33 heavy (non-hydrogen) atoms. The van der Waals surface area contributed by atoms with Gasteiger partial charge in [-0.1, -0.05) is 19.6 Å². The number of fused-ring (bicyclic) bond motifs is 1. The van der Waals surface area contributed by atoms with Crippen LogP contribution >= 0.6 is 0 Å². The van der Waals surface area contributed by atoms with Crippen LogP contribution < -0.4 is 4.90 Å². The Bertz CT molecular complexity index is 1180. The van der Waals surface area contributed by atoms with Crippen LogP contribution in [0.4, 0.5) is 14.6 Å². The summed E-state index contributed by atoms with van der Waals surface area (Å²) in [7, 11) is -1.25. The van der Waals surface area contributed by atoms with Gasteiger partial charge in [0.25, 0.3) is 0 Å². The summed E-state index contributed by atoms with van der Waals surface area (Å²) in [4.78, 5) is 17.8. The second kappa shape index (κ2) is 9.18. The van der Waals surface area contributed by atoms with E-state index in [-0.39, 0.29) is 17.9 Å². The number of benzene rings is 1. The highest BCUT2D eigenvalue weighted by Crippen LogP contribution is 2.39. The molecule has 0 amide bonds. The van der Waals surface area contributed by atoms with Crippen LogP contribution in [-0.2, 0) is 11.5 Å². The van der Waals surface area contributed by atoms with Gasteiger partial charge in [0.1, 0.15) is 18.4 Å². The molecule has 3 aromatic rings. The number of anilines is 1. The van der Waals surface area contributed by atoms with Gasteiger partial charge in [-0.2, -0.15) is 5.10 Å². The van der Waals surface area contributed by atoms with Crippen LogP contribution in [0, 0.1) is 11.6 Å². The quantitative estimate of drug-likeness (QED) is 0.363. The first-order valence-electron chi connectivity index (χ1n) is 11.0. The summed E-state index contributed by atoms with van der Waals surface area (Å²) in [5.74, 6) is -1.57. The van der Waals surface area contributed by atoms with Gasteiger partial charge in [-0.25, -0.2) is 23.2 Å². The van der Waals surface area contributed by atoms with Gasteiger partial charge in [0, 0.05) is 33.0 Å². The van der Waals surface area contributed by atoms with Crippen LogP contribution in [0.3, 0.4) is 0 Å². The van der Waals surface area contributed by atoms with Gasteiger partial charge in [-0.05, 0) is 43.2 Å². The van der Waals surface area contributed by atoms with E-state index in [1.54, 1.807) is 4.68 Å². The Kier molecular flexibility index (Phi) is 6.49. The number of aromatic nitrogens is 3. The second-order valence-corrected chi connectivity index (χ2v) is 15.2. The molecule has 176 valence electrons. The predicted octanol–water partition coefficient (Wildman–Crippen LogP) is 5.06. The minimum absolute atomic E-state index is 0.0376. The number of carboxylic acid groups (broad SMARTS) is 1. The van der Waals surface area contributed by atoms with E-state index in [1.165, 1.54) is 18.3 Å². The lowest BCUT2D eigenvalue weighted by atomic mass is 10.0. The summed E-state index contributed by atoms with van der Waals surface area (Å²) < 4.78 is 35.9. The van der Waals surface area contributed by atoms with Crippen molar-refractivity contribution < 1.29 is 23.4 Å². The summed E-state index contributed by atoms with van der Waals surface area (Å²) in [6, 6.07) is 5.58. The molecule has 1 N–H and O–H groups in total. The molecule has 0 radical (unpaired) electrons. The zero-order chi connectivity index (χ0) is 23.8. The van der Waals surface area contributed by atoms with Crippen molar-refractivity contribution in [2.45, 2.75) is 51.3 Å². The van der Waals surface area contributed by atoms with Crippen LogP contribution in [0.1, 0.15) is 34.8 Å². The fraction of sp³-hybridized carbons (Fsp3) is 0.435. The van der Waals surface area contributed by atoms with Gasteiger partial charge >= 0.3 is 5.97 Å². The van der Waals surface area contributed by atoms with E-state index in [0.717, 1.165) is 24.6 Å². The third-order valence-corrected chi connectivity index (χ3v) is 7.57. The molecule has 1 aliphatic rings. The molecule has 2 aromatic heterocycles. The number of carboxylic acids is 1. The van der Waals surface area contributed by atoms with Crippen molar-refractivity contribution >= 4 is 30.9 Å². The fourth-order valence-electron chi connectivity index (χ4n) is 4.11. The van der Waals surface area contributed by atoms with Gasteiger partial charge in [0.05, 0.1) is 17.0 Å². The molecule has 0 bridgehead atoms. The molecule has 0 aliphatic carbocycles. The van der Waals surface area contributed by atoms with Gasteiger partial charge in [0.15, 0.2) is 11.5 Å². The minimum Gasteiger partial charge on any atom is -0.478 e. The van der Waals surface area contributed by atoms with Crippen LogP contribution in [0.5, 0.6) is 0 Å². The molecule has 1 saturated heterocycles. The van der Waals surface area contributed by atoms with Gasteiger partial charge in [-0.3, -0.25) is 0 Å². The number of hydrogen-bond acceptors (Lipinski definition) is 5. The molecule has 4 rings (SSSR count). The summed E-state index contributed by atoms with van der Waals surface area (Å²) >= 11 is 0. The molecule has 10 heteroatoms. The first kappa shape index (κ1) is 23.3. The summed E-state index contributed by atoms with van der Waals surface area (Å²) in [5.41, 5.74) is 0.799. The highest BCUT2D eigenvalue weighted by atomic mass is 28.3. The van der Waals surface area contributed by atoms with Crippen molar-refractivity contribution in [3.63, 3.8) is 0 Å². The van der Waals surface area contributed by atoms with Crippen molar-refractivity contribution in [2.24, 2.45) is 0 Å².